The van der Waals surface area contributed by atoms with Crippen molar-refractivity contribution in [2.24, 2.45) is 0 Å². The molecule has 20 heavy (non-hydrogen) atoms. The molecular formula is C17H19FO2. The van der Waals surface area contributed by atoms with Gasteiger partial charge < -0.3 is 9.84 Å². The van der Waals surface area contributed by atoms with Crippen molar-refractivity contribution in [3.05, 3.63) is 59.4 Å². The van der Waals surface area contributed by atoms with Gasteiger partial charge in [0, 0.05) is 0 Å². The molecule has 0 spiro atoms. The Labute approximate surface area is 118 Å². The van der Waals surface area contributed by atoms with Crippen LogP contribution in [0.15, 0.2) is 42.5 Å². The molecule has 0 fully saturated rings. The van der Waals surface area contributed by atoms with E-state index < -0.39 is 11.9 Å². The Balaban J connectivity index is 2.35. The second-order valence-electron chi connectivity index (χ2n) is 5.16. The number of halogens is 1. The van der Waals surface area contributed by atoms with Gasteiger partial charge in [-0.3, -0.25) is 0 Å². The number of benzene rings is 2. The number of ether oxygens (including phenoxy) is 1. The van der Waals surface area contributed by atoms with Crippen molar-refractivity contribution in [1.82, 2.24) is 0 Å². The van der Waals surface area contributed by atoms with E-state index in [4.69, 9.17) is 4.74 Å². The van der Waals surface area contributed by atoms with Gasteiger partial charge in [0.25, 0.3) is 0 Å². The highest BCUT2D eigenvalue weighted by atomic mass is 19.1. The molecule has 1 atom stereocenters. The Hall–Kier alpha value is -1.87. The fourth-order valence-electron chi connectivity index (χ4n) is 2.08. The van der Waals surface area contributed by atoms with E-state index in [0.29, 0.717) is 17.4 Å². The molecule has 3 heteroatoms. The lowest BCUT2D eigenvalue weighted by Crippen LogP contribution is -2.00. The summed E-state index contributed by atoms with van der Waals surface area (Å²) in [4.78, 5) is 0. The Morgan fingerprint density at radius 2 is 1.75 bits per heavy atom. The molecule has 0 radical (unpaired) electrons. The zero-order valence-electron chi connectivity index (χ0n) is 11.9. The van der Waals surface area contributed by atoms with E-state index in [0.717, 1.165) is 5.56 Å². The van der Waals surface area contributed by atoms with Gasteiger partial charge in [-0.1, -0.05) is 32.0 Å². The molecule has 1 N–H and O–H groups in total. The molecule has 0 aromatic heterocycles. The van der Waals surface area contributed by atoms with Crippen molar-refractivity contribution in [3.8, 4) is 11.5 Å². The number of rotatable bonds is 4. The predicted octanol–water partition coefficient (Wildman–Crippen LogP) is 4.79. The molecule has 0 saturated carbocycles. The van der Waals surface area contributed by atoms with Crippen molar-refractivity contribution in [3.63, 3.8) is 0 Å². The van der Waals surface area contributed by atoms with E-state index >= 15 is 0 Å². The number of aliphatic hydroxyl groups excluding tert-OH is 1. The normalized spacial score (nSPS) is 12.5. The Morgan fingerprint density at radius 3 is 2.40 bits per heavy atom. The van der Waals surface area contributed by atoms with E-state index in [-0.39, 0.29) is 5.56 Å². The number of aliphatic hydroxyl groups is 1. The van der Waals surface area contributed by atoms with Gasteiger partial charge in [0.2, 0.25) is 0 Å². The molecular weight excluding hydrogens is 255 g/mol. The Kier molecular flexibility index (Phi) is 4.40. The number of hydrogen-bond acceptors (Lipinski definition) is 2. The molecule has 2 rings (SSSR count). The van der Waals surface area contributed by atoms with Gasteiger partial charge in [0.1, 0.15) is 17.3 Å². The minimum absolute atomic E-state index is 0.183. The molecule has 0 saturated heterocycles. The third-order valence-electron chi connectivity index (χ3n) is 3.18. The van der Waals surface area contributed by atoms with Gasteiger partial charge in [-0.2, -0.15) is 0 Å². The molecule has 106 valence electrons. The summed E-state index contributed by atoms with van der Waals surface area (Å²) >= 11 is 0. The van der Waals surface area contributed by atoms with Crippen LogP contribution >= 0.6 is 0 Å². The fraction of sp³-hybridized carbons (Fsp3) is 0.294. The summed E-state index contributed by atoms with van der Waals surface area (Å²) in [7, 11) is 0. The second kappa shape index (κ2) is 6.06. The van der Waals surface area contributed by atoms with Crippen molar-refractivity contribution in [1.29, 1.82) is 0 Å². The molecule has 0 aliphatic carbocycles. The van der Waals surface area contributed by atoms with Crippen LogP contribution in [0.3, 0.4) is 0 Å². The molecule has 2 nitrogen and oxygen atoms in total. The zero-order valence-corrected chi connectivity index (χ0v) is 11.9. The van der Waals surface area contributed by atoms with Crippen LogP contribution in [0.5, 0.6) is 11.5 Å². The molecule has 2 aromatic carbocycles. The molecule has 1 unspecified atom stereocenters. The summed E-state index contributed by atoms with van der Waals surface area (Å²) < 4.78 is 19.5. The highest BCUT2D eigenvalue weighted by Crippen LogP contribution is 2.32. The summed E-state index contributed by atoms with van der Waals surface area (Å²) in [5.74, 6) is 0.921. The van der Waals surface area contributed by atoms with Gasteiger partial charge >= 0.3 is 0 Å². The molecule has 0 aliphatic rings. The maximum atomic E-state index is 13.8. The van der Waals surface area contributed by atoms with Crippen molar-refractivity contribution >= 4 is 0 Å². The van der Waals surface area contributed by atoms with E-state index in [1.165, 1.54) is 13.0 Å². The highest BCUT2D eigenvalue weighted by Gasteiger charge is 2.15. The quantitative estimate of drug-likeness (QED) is 0.868. The SMILES string of the molecule is CC(C)c1cccc(Oc2cccc(F)c2C(C)O)c1. The lowest BCUT2D eigenvalue weighted by Gasteiger charge is -2.15. The standard InChI is InChI=1S/C17H19FO2/c1-11(2)13-6-4-7-14(10-13)20-16-9-5-8-15(18)17(16)12(3)19/h4-12,19H,1-3H3. The van der Waals surface area contributed by atoms with E-state index in [2.05, 4.69) is 13.8 Å². The number of hydrogen-bond donors (Lipinski definition) is 1. The fourth-order valence-corrected chi connectivity index (χ4v) is 2.08. The minimum Gasteiger partial charge on any atom is -0.457 e. The highest BCUT2D eigenvalue weighted by molar-refractivity contribution is 5.41. The minimum atomic E-state index is -0.917. The Morgan fingerprint density at radius 1 is 1.05 bits per heavy atom. The largest absolute Gasteiger partial charge is 0.457 e. The van der Waals surface area contributed by atoms with Gasteiger partial charge in [0.15, 0.2) is 0 Å². The van der Waals surface area contributed by atoms with Crippen molar-refractivity contribution in [2.45, 2.75) is 32.8 Å². The van der Waals surface area contributed by atoms with Gasteiger partial charge in [-0.15, -0.1) is 0 Å². The first kappa shape index (κ1) is 14.5. The third kappa shape index (κ3) is 3.17. The first-order chi connectivity index (χ1) is 9.49. The molecule has 0 aliphatic heterocycles. The van der Waals surface area contributed by atoms with Gasteiger partial charge in [0.05, 0.1) is 11.7 Å². The lowest BCUT2D eigenvalue weighted by molar-refractivity contribution is 0.190. The molecule has 2 aromatic rings. The Bertz CT molecular complexity index is 591. The first-order valence-corrected chi connectivity index (χ1v) is 6.73. The maximum Gasteiger partial charge on any atom is 0.136 e. The average molecular weight is 274 g/mol. The summed E-state index contributed by atoms with van der Waals surface area (Å²) in [6.45, 7) is 5.72. The van der Waals surface area contributed by atoms with Crippen molar-refractivity contribution < 1.29 is 14.2 Å². The van der Waals surface area contributed by atoms with E-state index in [1.54, 1.807) is 12.1 Å². The average Bonchev–Trinajstić information content (AvgIpc) is 2.38. The maximum absolute atomic E-state index is 13.8. The van der Waals surface area contributed by atoms with E-state index in [9.17, 15) is 9.50 Å². The summed E-state index contributed by atoms with van der Waals surface area (Å²) in [5.41, 5.74) is 1.33. The van der Waals surface area contributed by atoms with Crippen LogP contribution in [0.4, 0.5) is 4.39 Å². The smallest absolute Gasteiger partial charge is 0.136 e. The van der Waals surface area contributed by atoms with Gasteiger partial charge in [-0.05, 0) is 42.7 Å². The summed E-state index contributed by atoms with van der Waals surface area (Å²) in [6, 6.07) is 12.2. The van der Waals surface area contributed by atoms with Crippen LogP contribution in [-0.4, -0.2) is 5.11 Å². The van der Waals surface area contributed by atoms with Crippen LogP contribution in [0, 0.1) is 5.82 Å². The van der Waals surface area contributed by atoms with Crippen LogP contribution in [0.2, 0.25) is 0 Å². The monoisotopic (exact) mass is 274 g/mol. The first-order valence-electron chi connectivity index (χ1n) is 6.73. The second-order valence-corrected chi connectivity index (χ2v) is 5.16. The van der Waals surface area contributed by atoms with Crippen LogP contribution in [0.1, 0.15) is 43.9 Å². The van der Waals surface area contributed by atoms with Crippen LogP contribution in [0.25, 0.3) is 0 Å². The predicted molar refractivity (Wildman–Crippen MR) is 77.6 cm³/mol. The van der Waals surface area contributed by atoms with Crippen LogP contribution in [-0.2, 0) is 0 Å². The lowest BCUT2D eigenvalue weighted by atomic mass is 10.0. The van der Waals surface area contributed by atoms with Crippen molar-refractivity contribution in [2.75, 3.05) is 0 Å². The third-order valence-corrected chi connectivity index (χ3v) is 3.18. The van der Waals surface area contributed by atoms with E-state index in [1.807, 2.05) is 24.3 Å². The summed E-state index contributed by atoms with van der Waals surface area (Å²) in [5, 5.41) is 9.69. The van der Waals surface area contributed by atoms with Gasteiger partial charge in [-0.25, -0.2) is 4.39 Å². The topological polar surface area (TPSA) is 29.5 Å². The summed E-state index contributed by atoms with van der Waals surface area (Å²) in [6.07, 6.45) is -0.917. The zero-order chi connectivity index (χ0) is 14.7. The molecule has 0 heterocycles. The van der Waals surface area contributed by atoms with Crippen LogP contribution < -0.4 is 4.74 Å². The molecule has 0 amide bonds. The molecule has 0 bridgehead atoms.